The molecule has 0 atom stereocenters. The number of nitrogens with zero attached hydrogens (tertiary/aromatic N) is 1. The molecular weight excluding hydrogens is 210 g/mol. The zero-order valence-corrected chi connectivity index (χ0v) is 8.54. The zero-order chi connectivity index (χ0) is 11.2. The Morgan fingerprint density at radius 3 is 2.57 bits per heavy atom. The Balaban J connectivity index is 3.77. The molecule has 0 aliphatic heterocycles. The van der Waals surface area contributed by atoms with E-state index in [-0.39, 0.29) is 18.8 Å². The number of nitrogens with one attached hydrogen (secondary N) is 1. The predicted octanol–water partition coefficient (Wildman–Crippen LogP) is -1.72. The van der Waals surface area contributed by atoms with E-state index in [0.717, 1.165) is 6.26 Å². The lowest BCUT2D eigenvalue weighted by Crippen LogP contribution is -2.32. The molecule has 4 N–H and O–H groups in total. The summed E-state index contributed by atoms with van der Waals surface area (Å²) in [4.78, 5) is 10.9. The number of amidine groups is 1. The molecular formula is C6H13N3O4S. The molecule has 0 spiro atoms. The summed E-state index contributed by atoms with van der Waals surface area (Å²) in [7, 11) is -3.30. The maximum Gasteiger partial charge on any atom is 0.235 e. The molecule has 14 heavy (non-hydrogen) atoms. The van der Waals surface area contributed by atoms with Crippen LogP contribution < -0.4 is 11.1 Å². The minimum atomic E-state index is -3.30. The van der Waals surface area contributed by atoms with Gasteiger partial charge in [-0.15, -0.1) is 0 Å². The summed E-state index contributed by atoms with van der Waals surface area (Å²) in [5.41, 5.74) is 5.12. The Bertz CT molecular complexity index is 322. The van der Waals surface area contributed by atoms with Gasteiger partial charge in [0.15, 0.2) is 9.84 Å². The first-order valence-corrected chi connectivity index (χ1v) is 5.82. The number of hydrogen-bond acceptors (Lipinski definition) is 5. The third-order valence-corrected chi connectivity index (χ3v) is 2.01. The van der Waals surface area contributed by atoms with E-state index in [1.54, 1.807) is 0 Å². The Morgan fingerprint density at radius 1 is 1.57 bits per heavy atom. The van der Waals surface area contributed by atoms with Gasteiger partial charge in [0.05, 0.1) is 0 Å². The highest BCUT2D eigenvalue weighted by Crippen LogP contribution is 1.83. The van der Waals surface area contributed by atoms with Gasteiger partial charge in [-0.05, 0) is 0 Å². The zero-order valence-electron chi connectivity index (χ0n) is 7.73. The molecule has 0 rings (SSSR count). The van der Waals surface area contributed by atoms with E-state index in [1.165, 1.54) is 0 Å². The summed E-state index contributed by atoms with van der Waals surface area (Å²) >= 11 is 0. The molecule has 0 saturated carbocycles. The molecule has 0 aromatic heterocycles. The van der Waals surface area contributed by atoms with Crippen molar-refractivity contribution < 1.29 is 18.4 Å². The normalized spacial score (nSPS) is 12.5. The average molecular weight is 223 g/mol. The fourth-order valence-corrected chi connectivity index (χ4v) is 1.25. The largest absolute Gasteiger partial charge is 0.409 e. The highest BCUT2D eigenvalue weighted by atomic mass is 32.2. The van der Waals surface area contributed by atoms with E-state index < -0.39 is 21.5 Å². The van der Waals surface area contributed by atoms with Crippen molar-refractivity contribution in [3.05, 3.63) is 0 Å². The van der Waals surface area contributed by atoms with Crippen LogP contribution in [0, 0.1) is 0 Å². The second-order valence-electron chi connectivity index (χ2n) is 2.76. The first-order valence-electron chi connectivity index (χ1n) is 3.76. The molecule has 7 nitrogen and oxygen atoms in total. The standard InChI is InChI=1S/C6H13N3O4S/c1-14(12,13)4-6(10)8-3-2-5(7)9-11/h11H,2-4H2,1H3,(H2,7,9)(H,8,10). The molecule has 0 fully saturated rings. The molecule has 0 bridgehead atoms. The van der Waals surface area contributed by atoms with Gasteiger partial charge in [-0.1, -0.05) is 5.16 Å². The first kappa shape index (κ1) is 12.7. The van der Waals surface area contributed by atoms with E-state index in [1.807, 2.05) is 0 Å². The van der Waals surface area contributed by atoms with Crippen molar-refractivity contribution in [2.24, 2.45) is 10.9 Å². The number of nitrogens with two attached hydrogens (primary N) is 1. The Labute approximate surface area is 81.9 Å². The Kier molecular flexibility index (Phi) is 4.92. The molecule has 0 radical (unpaired) electrons. The van der Waals surface area contributed by atoms with Gasteiger partial charge in [0.25, 0.3) is 0 Å². The minimum Gasteiger partial charge on any atom is -0.409 e. The van der Waals surface area contributed by atoms with Gasteiger partial charge in [-0.3, -0.25) is 4.79 Å². The van der Waals surface area contributed by atoms with Gasteiger partial charge in [0, 0.05) is 19.2 Å². The van der Waals surface area contributed by atoms with Crippen LogP contribution >= 0.6 is 0 Å². The third-order valence-electron chi connectivity index (χ3n) is 1.23. The monoisotopic (exact) mass is 223 g/mol. The second kappa shape index (κ2) is 5.43. The quantitative estimate of drug-likeness (QED) is 0.221. The fourth-order valence-electron chi connectivity index (χ4n) is 0.669. The van der Waals surface area contributed by atoms with Crippen LogP contribution in [0.2, 0.25) is 0 Å². The van der Waals surface area contributed by atoms with E-state index >= 15 is 0 Å². The summed E-state index contributed by atoms with van der Waals surface area (Å²) in [6.07, 6.45) is 1.14. The van der Waals surface area contributed by atoms with Crippen molar-refractivity contribution in [1.29, 1.82) is 0 Å². The van der Waals surface area contributed by atoms with Crippen LogP contribution in [0.5, 0.6) is 0 Å². The fraction of sp³-hybridized carbons (Fsp3) is 0.667. The van der Waals surface area contributed by atoms with Crippen molar-refractivity contribution in [1.82, 2.24) is 5.32 Å². The number of carbonyl (C=O) groups excluding carboxylic acids is 1. The number of carbonyl (C=O) groups is 1. The highest BCUT2D eigenvalue weighted by molar-refractivity contribution is 7.91. The van der Waals surface area contributed by atoms with Crippen LogP contribution in [-0.2, 0) is 14.6 Å². The van der Waals surface area contributed by atoms with Crippen molar-refractivity contribution in [2.45, 2.75) is 6.42 Å². The summed E-state index contributed by atoms with van der Waals surface area (Å²) in [6, 6.07) is 0. The molecule has 0 heterocycles. The summed E-state index contributed by atoms with van der Waals surface area (Å²) in [6.45, 7) is 0.143. The highest BCUT2D eigenvalue weighted by Gasteiger charge is 2.09. The Hall–Kier alpha value is -1.31. The molecule has 82 valence electrons. The van der Waals surface area contributed by atoms with Crippen LogP contribution in [0.1, 0.15) is 6.42 Å². The molecule has 0 saturated heterocycles. The topological polar surface area (TPSA) is 122 Å². The number of oxime groups is 1. The average Bonchev–Trinajstić information content (AvgIpc) is 2.00. The van der Waals surface area contributed by atoms with E-state index in [0.29, 0.717) is 0 Å². The van der Waals surface area contributed by atoms with Gasteiger partial charge in [0.1, 0.15) is 11.6 Å². The molecule has 1 amide bonds. The van der Waals surface area contributed by atoms with Crippen molar-refractivity contribution in [3.8, 4) is 0 Å². The van der Waals surface area contributed by atoms with Crippen molar-refractivity contribution >= 4 is 21.6 Å². The van der Waals surface area contributed by atoms with Crippen LogP contribution in [0.3, 0.4) is 0 Å². The van der Waals surface area contributed by atoms with E-state index in [2.05, 4.69) is 10.5 Å². The second-order valence-corrected chi connectivity index (χ2v) is 4.90. The van der Waals surface area contributed by atoms with Gasteiger partial charge >= 0.3 is 0 Å². The molecule has 0 unspecified atom stereocenters. The minimum absolute atomic E-state index is 0.0235. The molecule has 0 aliphatic carbocycles. The van der Waals surface area contributed by atoms with E-state index in [9.17, 15) is 13.2 Å². The van der Waals surface area contributed by atoms with Crippen LogP contribution in [0.25, 0.3) is 0 Å². The number of amides is 1. The maximum absolute atomic E-state index is 10.9. The Morgan fingerprint density at radius 2 is 2.14 bits per heavy atom. The molecule has 0 aromatic carbocycles. The van der Waals surface area contributed by atoms with Gasteiger partial charge < -0.3 is 16.3 Å². The number of rotatable bonds is 5. The van der Waals surface area contributed by atoms with E-state index in [4.69, 9.17) is 10.9 Å². The third kappa shape index (κ3) is 7.35. The van der Waals surface area contributed by atoms with Crippen LogP contribution in [-0.4, -0.2) is 43.9 Å². The summed E-state index contributed by atoms with van der Waals surface area (Å²) in [5, 5.41) is 13.1. The molecule has 8 heteroatoms. The molecule has 0 aromatic rings. The van der Waals surface area contributed by atoms with Crippen molar-refractivity contribution in [2.75, 3.05) is 18.6 Å². The van der Waals surface area contributed by atoms with Crippen LogP contribution in [0.4, 0.5) is 0 Å². The van der Waals surface area contributed by atoms with Crippen LogP contribution in [0.15, 0.2) is 5.16 Å². The summed E-state index contributed by atoms with van der Waals surface area (Å²) in [5.74, 6) is -1.17. The van der Waals surface area contributed by atoms with Crippen molar-refractivity contribution in [3.63, 3.8) is 0 Å². The lowest BCUT2D eigenvalue weighted by atomic mass is 10.4. The molecule has 0 aliphatic rings. The predicted molar refractivity (Wildman–Crippen MR) is 50.7 cm³/mol. The summed E-state index contributed by atoms with van der Waals surface area (Å²) < 4.78 is 21.3. The SMILES string of the molecule is CS(=O)(=O)CC(=O)NCCC(N)=NO. The van der Waals surface area contributed by atoms with Gasteiger partial charge in [-0.2, -0.15) is 0 Å². The van der Waals surface area contributed by atoms with Gasteiger partial charge in [-0.25, -0.2) is 8.42 Å². The first-order chi connectivity index (χ1) is 6.35. The number of sulfone groups is 1. The lowest BCUT2D eigenvalue weighted by molar-refractivity contribution is -0.118. The maximum atomic E-state index is 10.9. The smallest absolute Gasteiger partial charge is 0.235 e. The number of hydrogen-bond donors (Lipinski definition) is 3. The van der Waals surface area contributed by atoms with Gasteiger partial charge in [0.2, 0.25) is 5.91 Å². The lowest BCUT2D eigenvalue weighted by Gasteiger charge is -2.02.